The molecule has 4 heteroatoms. The smallest absolute Gasteiger partial charge is 0.220 e. The van der Waals surface area contributed by atoms with Crippen molar-refractivity contribution in [1.29, 1.82) is 0 Å². The van der Waals surface area contributed by atoms with Crippen LogP contribution in [0.5, 0.6) is 0 Å². The third-order valence-electron chi connectivity index (χ3n) is 9.47. The molecule has 4 nitrogen and oxygen atoms in total. The van der Waals surface area contributed by atoms with Crippen LogP contribution in [-0.4, -0.2) is 34.9 Å². The lowest BCUT2D eigenvalue weighted by atomic mass is 10.0. The van der Waals surface area contributed by atoms with Gasteiger partial charge in [-0.2, -0.15) is 0 Å². The molecule has 0 aromatic heterocycles. The molecule has 2 unspecified atom stereocenters. The number of hydrogen-bond donors (Lipinski definition) is 3. The van der Waals surface area contributed by atoms with Crippen molar-refractivity contribution in [3.63, 3.8) is 0 Å². The summed E-state index contributed by atoms with van der Waals surface area (Å²) >= 11 is 0. The molecule has 0 saturated heterocycles. The van der Waals surface area contributed by atoms with Crippen molar-refractivity contribution in [2.45, 2.75) is 231 Å². The van der Waals surface area contributed by atoms with Crippen LogP contribution in [-0.2, 0) is 4.79 Å². The van der Waals surface area contributed by atoms with Gasteiger partial charge in [0.05, 0.1) is 18.8 Å². The first kappa shape index (κ1) is 44.9. The third kappa shape index (κ3) is 34.2. The zero-order valence-corrected chi connectivity index (χ0v) is 31.1. The van der Waals surface area contributed by atoms with Crippen LogP contribution in [0.4, 0.5) is 0 Å². The van der Waals surface area contributed by atoms with E-state index in [1.807, 2.05) is 0 Å². The molecule has 0 bridgehead atoms. The number of aliphatic hydroxyl groups is 2. The number of allylic oxidation sites excluding steroid dienone is 4. The van der Waals surface area contributed by atoms with Gasteiger partial charge in [0.1, 0.15) is 0 Å². The second kappa shape index (κ2) is 38.3. The van der Waals surface area contributed by atoms with Gasteiger partial charge in [-0.3, -0.25) is 4.79 Å². The van der Waals surface area contributed by atoms with Crippen molar-refractivity contribution in [2.75, 3.05) is 6.61 Å². The molecule has 3 N–H and O–H groups in total. The maximum atomic E-state index is 12.4. The summed E-state index contributed by atoms with van der Waals surface area (Å²) in [6.45, 7) is 4.33. The molecule has 0 heterocycles. The number of amides is 1. The summed E-state index contributed by atoms with van der Waals surface area (Å²) in [6, 6.07) is -0.538. The van der Waals surface area contributed by atoms with E-state index in [0.29, 0.717) is 12.8 Å². The van der Waals surface area contributed by atoms with E-state index < -0.39 is 12.1 Å². The van der Waals surface area contributed by atoms with Crippen molar-refractivity contribution in [2.24, 2.45) is 0 Å². The topological polar surface area (TPSA) is 69.6 Å². The molecule has 272 valence electrons. The number of nitrogens with one attached hydrogen (secondary N) is 1. The Kier molecular flexibility index (Phi) is 37.4. The molecule has 0 aliphatic carbocycles. The van der Waals surface area contributed by atoms with E-state index in [0.717, 1.165) is 32.1 Å². The van der Waals surface area contributed by atoms with Gasteiger partial charge < -0.3 is 15.5 Å². The number of aliphatic hydroxyl groups excluding tert-OH is 2. The van der Waals surface area contributed by atoms with Crippen molar-refractivity contribution in [3.8, 4) is 0 Å². The first-order valence-corrected chi connectivity index (χ1v) is 20.5. The Balaban J connectivity index is 3.54. The number of carbonyl (C=O) groups excluding carboxylic acids is 1. The predicted molar refractivity (Wildman–Crippen MR) is 202 cm³/mol. The second-order valence-corrected chi connectivity index (χ2v) is 14.1. The van der Waals surface area contributed by atoms with E-state index in [1.54, 1.807) is 0 Å². The number of rotatable bonds is 37. The summed E-state index contributed by atoms with van der Waals surface area (Å²) in [6.07, 6.45) is 48.1. The molecule has 0 saturated carbocycles. The maximum Gasteiger partial charge on any atom is 0.220 e. The minimum atomic E-state index is -0.660. The van der Waals surface area contributed by atoms with E-state index in [2.05, 4.69) is 43.5 Å². The van der Waals surface area contributed by atoms with E-state index in [1.165, 1.54) is 161 Å². The first-order chi connectivity index (χ1) is 22.7. The molecule has 0 aliphatic rings. The SMILES string of the molecule is CCCCC/C=C\C/C=C\CCCCCCCCCC(=O)NC(CO)C(O)CCCCCCCCCCCCCCCCCCC. The lowest BCUT2D eigenvalue weighted by molar-refractivity contribution is -0.123. The average Bonchev–Trinajstić information content (AvgIpc) is 3.06. The van der Waals surface area contributed by atoms with E-state index in [-0.39, 0.29) is 12.5 Å². The highest BCUT2D eigenvalue weighted by Crippen LogP contribution is 2.16. The molecule has 0 fully saturated rings. The highest BCUT2D eigenvalue weighted by Gasteiger charge is 2.19. The van der Waals surface area contributed by atoms with Crippen molar-refractivity contribution >= 4 is 5.91 Å². The van der Waals surface area contributed by atoms with Crippen LogP contribution in [0.3, 0.4) is 0 Å². The summed E-state index contributed by atoms with van der Waals surface area (Å²) in [5.41, 5.74) is 0. The van der Waals surface area contributed by atoms with Gasteiger partial charge in [0.2, 0.25) is 5.91 Å². The lowest BCUT2D eigenvalue weighted by Crippen LogP contribution is -2.45. The maximum absolute atomic E-state index is 12.4. The quantitative estimate of drug-likeness (QED) is 0.0464. The molecule has 0 aromatic rings. The second-order valence-electron chi connectivity index (χ2n) is 14.1. The standard InChI is InChI=1S/C42H81NO3/c1-3-5-7-9-11-13-15-17-19-21-23-25-27-29-31-33-35-37-41(45)40(39-44)43-42(46)38-36-34-32-30-28-26-24-22-20-18-16-14-12-10-8-6-4-2/h12,14,18,20,40-41,44-45H,3-11,13,15-17,19,21-39H2,1-2H3,(H,43,46)/b14-12-,20-18-. The Hall–Kier alpha value is -1.13. The van der Waals surface area contributed by atoms with Crippen LogP contribution in [0.15, 0.2) is 24.3 Å². The fraction of sp³-hybridized carbons (Fsp3) is 0.881. The van der Waals surface area contributed by atoms with E-state index in [4.69, 9.17) is 0 Å². The van der Waals surface area contributed by atoms with Crippen LogP contribution in [0.1, 0.15) is 219 Å². The van der Waals surface area contributed by atoms with Gasteiger partial charge in [-0.05, 0) is 44.9 Å². The number of unbranched alkanes of at least 4 members (excludes halogenated alkanes) is 26. The predicted octanol–water partition coefficient (Wildman–Crippen LogP) is 12.5. The summed E-state index contributed by atoms with van der Waals surface area (Å²) in [4.78, 5) is 12.4. The Labute approximate surface area is 288 Å². The summed E-state index contributed by atoms with van der Waals surface area (Å²) in [7, 11) is 0. The summed E-state index contributed by atoms with van der Waals surface area (Å²) < 4.78 is 0. The van der Waals surface area contributed by atoms with Crippen molar-refractivity contribution < 1.29 is 15.0 Å². The highest BCUT2D eigenvalue weighted by molar-refractivity contribution is 5.76. The number of carbonyl (C=O) groups is 1. The Morgan fingerprint density at radius 3 is 1.35 bits per heavy atom. The normalized spacial score (nSPS) is 13.2. The molecule has 0 aromatic carbocycles. The van der Waals surface area contributed by atoms with Gasteiger partial charge >= 0.3 is 0 Å². The minimum absolute atomic E-state index is 0.0388. The van der Waals surface area contributed by atoms with Crippen LogP contribution >= 0.6 is 0 Å². The van der Waals surface area contributed by atoms with Crippen LogP contribution in [0.2, 0.25) is 0 Å². The zero-order chi connectivity index (χ0) is 33.6. The van der Waals surface area contributed by atoms with Crippen molar-refractivity contribution in [3.05, 3.63) is 24.3 Å². The van der Waals surface area contributed by atoms with Crippen LogP contribution in [0, 0.1) is 0 Å². The average molecular weight is 648 g/mol. The Bertz CT molecular complexity index is 661. The molecule has 2 atom stereocenters. The van der Waals surface area contributed by atoms with Gasteiger partial charge in [-0.1, -0.05) is 192 Å². The summed E-state index contributed by atoms with van der Waals surface area (Å²) in [5, 5.41) is 23.1. The molecular weight excluding hydrogens is 566 g/mol. The fourth-order valence-electron chi connectivity index (χ4n) is 6.27. The molecule has 0 radical (unpaired) electrons. The Morgan fingerprint density at radius 1 is 0.522 bits per heavy atom. The zero-order valence-electron chi connectivity index (χ0n) is 31.1. The minimum Gasteiger partial charge on any atom is -0.394 e. The van der Waals surface area contributed by atoms with Gasteiger partial charge in [0.25, 0.3) is 0 Å². The highest BCUT2D eigenvalue weighted by atomic mass is 16.3. The Morgan fingerprint density at radius 2 is 0.891 bits per heavy atom. The molecule has 1 amide bonds. The van der Waals surface area contributed by atoms with Gasteiger partial charge in [0.15, 0.2) is 0 Å². The summed E-state index contributed by atoms with van der Waals surface area (Å²) in [5.74, 6) is -0.0388. The van der Waals surface area contributed by atoms with Gasteiger partial charge in [-0.15, -0.1) is 0 Å². The van der Waals surface area contributed by atoms with E-state index >= 15 is 0 Å². The van der Waals surface area contributed by atoms with Crippen LogP contribution < -0.4 is 5.32 Å². The molecule has 46 heavy (non-hydrogen) atoms. The largest absolute Gasteiger partial charge is 0.394 e. The van der Waals surface area contributed by atoms with Crippen molar-refractivity contribution in [1.82, 2.24) is 5.32 Å². The van der Waals surface area contributed by atoms with Gasteiger partial charge in [0, 0.05) is 6.42 Å². The van der Waals surface area contributed by atoms with Gasteiger partial charge in [-0.25, -0.2) is 0 Å². The molecular formula is C42H81NO3. The fourth-order valence-corrected chi connectivity index (χ4v) is 6.27. The lowest BCUT2D eigenvalue weighted by Gasteiger charge is -2.22. The molecule has 0 spiro atoms. The number of hydrogen-bond acceptors (Lipinski definition) is 3. The molecule has 0 aliphatic heterocycles. The molecule has 0 rings (SSSR count). The van der Waals surface area contributed by atoms with Crippen LogP contribution in [0.25, 0.3) is 0 Å². The monoisotopic (exact) mass is 648 g/mol. The van der Waals surface area contributed by atoms with E-state index in [9.17, 15) is 15.0 Å². The first-order valence-electron chi connectivity index (χ1n) is 20.5. The third-order valence-corrected chi connectivity index (χ3v) is 9.47.